The Bertz CT molecular complexity index is 735. The van der Waals surface area contributed by atoms with Gasteiger partial charge in [0, 0.05) is 5.75 Å². The van der Waals surface area contributed by atoms with Crippen molar-refractivity contribution in [2.75, 3.05) is 5.75 Å². The molecule has 3 rings (SSSR count). The number of amides is 1. The molecule has 0 saturated carbocycles. The van der Waals surface area contributed by atoms with E-state index in [0.29, 0.717) is 29.6 Å². The number of nitrogens with one attached hydrogen (secondary N) is 1. The molecule has 1 N–H and O–H groups in total. The molecule has 118 valence electrons. The molecule has 0 saturated heterocycles. The summed E-state index contributed by atoms with van der Waals surface area (Å²) >= 11 is 1.60. The van der Waals surface area contributed by atoms with Crippen molar-refractivity contribution in [1.82, 2.24) is 5.32 Å². The Morgan fingerprint density at radius 1 is 1.00 bits per heavy atom. The molecule has 3 aromatic rings. The summed E-state index contributed by atoms with van der Waals surface area (Å²) in [7, 11) is 0. The molecular weight excluding hydrogens is 310 g/mol. The topological polar surface area (TPSA) is 55.4 Å². The van der Waals surface area contributed by atoms with E-state index in [-0.39, 0.29) is 5.91 Å². The first kappa shape index (κ1) is 15.5. The van der Waals surface area contributed by atoms with E-state index in [4.69, 9.17) is 8.83 Å². The second kappa shape index (κ2) is 7.74. The molecule has 0 atom stereocenters. The molecule has 1 amide bonds. The predicted octanol–water partition coefficient (Wildman–Crippen LogP) is 4.09. The van der Waals surface area contributed by atoms with Crippen LogP contribution < -0.4 is 5.32 Å². The Labute approximate surface area is 138 Å². The van der Waals surface area contributed by atoms with Crippen molar-refractivity contribution in [2.24, 2.45) is 0 Å². The number of benzene rings is 1. The first-order valence-electron chi connectivity index (χ1n) is 7.32. The van der Waals surface area contributed by atoms with E-state index in [1.54, 1.807) is 18.0 Å². The summed E-state index contributed by atoms with van der Waals surface area (Å²) in [6.45, 7) is 0.380. The maximum absolute atomic E-state index is 11.8. The Hall–Kier alpha value is -2.40. The van der Waals surface area contributed by atoms with E-state index in [1.807, 2.05) is 42.5 Å². The molecule has 0 bridgehead atoms. The molecule has 1 aromatic carbocycles. The average molecular weight is 327 g/mol. The third-order valence-corrected chi connectivity index (χ3v) is 4.23. The van der Waals surface area contributed by atoms with Crippen LogP contribution in [0.15, 0.2) is 69.7 Å². The summed E-state index contributed by atoms with van der Waals surface area (Å²) < 4.78 is 10.9. The van der Waals surface area contributed by atoms with Crippen LogP contribution >= 0.6 is 11.8 Å². The van der Waals surface area contributed by atoms with E-state index < -0.39 is 0 Å². The minimum Gasteiger partial charge on any atom is -0.461 e. The molecule has 0 spiro atoms. The zero-order valence-corrected chi connectivity index (χ0v) is 13.3. The monoisotopic (exact) mass is 327 g/mol. The molecular formula is C18H17NO3S. The maximum atomic E-state index is 11.8. The van der Waals surface area contributed by atoms with Gasteiger partial charge in [-0.25, -0.2) is 0 Å². The quantitative estimate of drug-likeness (QED) is 0.710. The zero-order valence-electron chi connectivity index (χ0n) is 12.5. The van der Waals surface area contributed by atoms with Crippen molar-refractivity contribution >= 4 is 17.7 Å². The van der Waals surface area contributed by atoms with Crippen LogP contribution in [0, 0.1) is 0 Å². The van der Waals surface area contributed by atoms with E-state index in [1.165, 1.54) is 5.56 Å². The number of carbonyl (C=O) groups excluding carboxylic acids is 1. The number of thioether (sulfide) groups is 1. The molecule has 5 heteroatoms. The van der Waals surface area contributed by atoms with Gasteiger partial charge >= 0.3 is 0 Å². The van der Waals surface area contributed by atoms with Crippen LogP contribution in [0.25, 0.3) is 11.5 Å². The normalized spacial score (nSPS) is 10.6. The smallest absolute Gasteiger partial charge is 0.230 e. The number of hydrogen-bond donors (Lipinski definition) is 1. The maximum Gasteiger partial charge on any atom is 0.230 e. The van der Waals surface area contributed by atoms with Crippen molar-refractivity contribution in [3.05, 3.63) is 72.2 Å². The highest BCUT2D eigenvalue weighted by Gasteiger charge is 2.08. The fraction of sp³-hybridized carbons (Fsp3) is 0.167. The van der Waals surface area contributed by atoms with Gasteiger partial charge in [0.1, 0.15) is 5.76 Å². The van der Waals surface area contributed by atoms with Crippen molar-refractivity contribution in [2.45, 2.75) is 12.3 Å². The molecule has 2 aromatic heterocycles. The van der Waals surface area contributed by atoms with Crippen LogP contribution in [-0.4, -0.2) is 11.7 Å². The lowest BCUT2D eigenvalue weighted by Gasteiger charge is -2.03. The van der Waals surface area contributed by atoms with Crippen molar-refractivity contribution in [3.8, 4) is 11.5 Å². The molecule has 0 fully saturated rings. The van der Waals surface area contributed by atoms with E-state index in [0.717, 1.165) is 5.75 Å². The van der Waals surface area contributed by atoms with Crippen LogP contribution in [0.1, 0.15) is 11.3 Å². The fourth-order valence-electron chi connectivity index (χ4n) is 2.10. The van der Waals surface area contributed by atoms with Crippen LogP contribution in [0.5, 0.6) is 0 Å². The molecule has 0 aliphatic heterocycles. The highest BCUT2D eigenvalue weighted by Crippen LogP contribution is 2.22. The molecule has 0 radical (unpaired) electrons. The van der Waals surface area contributed by atoms with Crippen LogP contribution in [0.3, 0.4) is 0 Å². The van der Waals surface area contributed by atoms with Crippen LogP contribution in [0.4, 0.5) is 0 Å². The largest absolute Gasteiger partial charge is 0.461 e. The lowest BCUT2D eigenvalue weighted by molar-refractivity contribution is -0.118. The highest BCUT2D eigenvalue weighted by atomic mass is 32.2. The SMILES string of the molecule is O=C(CSCc1ccccc1)NCc1ccc(-c2ccco2)o1. The Morgan fingerprint density at radius 2 is 1.87 bits per heavy atom. The second-order valence-electron chi connectivity index (χ2n) is 5.00. The van der Waals surface area contributed by atoms with E-state index in [9.17, 15) is 4.79 Å². The third kappa shape index (κ3) is 4.53. The second-order valence-corrected chi connectivity index (χ2v) is 5.98. The Balaban J connectivity index is 1.41. The summed E-state index contributed by atoms with van der Waals surface area (Å²) in [6.07, 6.45) is 1.60. The van der Waals surface area contributed by atoms with Gasteiger partial charge in [-0.3, -0.25) is 4.79 Å². The molecule has 2 heterocycles. The van der Waals surface area contributed by atoms with Crippen molar-refractivity contribution in [1.29, 1.82) is 0 Å². The number of furan rings is 2. The number of hydrogen-bond acceptors (Lipinski definition) is 4. The van der Waals surface area contributed by atoms with Gasteiger partial charge in [-0.1, -0.05) is 30.3 Å². The van der Waals surface area contributed by atoms with E-state index >= 15 is 0 Å². The lowest BCUT2D eigenvalue weighted by Crippen LogP contribution is -2.24. The Kier molecular flexibility index (Phi) is 5.21. The third-order valence-electron chi connectivity index (χ3n) is 3.23. The van der Waals surface area contributed by atoms with Gasteiger partial charge in [0.2, 0.25) is 5.91 Å². The van der Waals surface area contributed by atoms with E-state index in [2.05, 4.69) is 17.4 Å². The summed E-state index contributed by atoms with van der Waals surface area (Å²) in [6, 6.07) is 17.4. The van der Waals surface area contributed by atoms with Crippen molar-refractivity contribution < 1.29 is 13.6 Å². The van der Waals surface area contributed by atoms with Crippen LogP contribution in [0.2, 0.25) is 0 Å². The van der Waals surface area contributed by atoms with Gasteiger partial charge in [0.25, 0.3) is 0 Å². The molecule has 4 nitrogen and oxygen atoms in total. The standard InChI is InChI=1S/C18H17NO3S/c20-18(13-23-12-14-5-2-1-3-6-14)19-11-15-8-9-17(22-15)16-7-4-10-21-16/h1-10H,11-13H2,(H,19,20). The van der Waals surface area contributed by atoms with Crippen molar-refractivity contribution in [3.63, 3.8) is 0 Å². The van der Waals surface area contributed by atoms with Gasteiger partial charge in [0.05, 0.1) is 18.6 Å². The van der Waals surface area contributed by atoms with Gasteiger partial charge in [-0.15, -0.1) is 11.8 Å². The molecule has 0 aliphatic carbocycles. The highest BCUT2D eigenvalue weighted by molar-refractivity contribution is 7.99. The summed E-state index contributed by atoms with van der Waals surface area (Å²) in [5.74, 6) is 3.32. The Morgan fingerprint density at radius 3 is 2.65 bits per heavy atom. The zero-order chi connectivity index (χ0) is 15.9. The fourth-order valence-corrected chi connectivity index (χ4v) is 2.91. The summed E-state index contributed by atoms with van der Waals surface area (Å²) in [5, 5.41) is 2.86. The summed E-state index contributed by atoms with van der Waals surface area (Å²) in [5.41, 5.74) is 1.22. The van der Waals surface area contributed by atoms with Gasteiger partial charge in [-0.2, -0.15) is 0 Å². The minimum atomic E-state index is 0.00174. The summed E-state index contributed by atoms with van der Waals surface area (Å²) in [4.78, 5) is 11.8. The first-order valence-corrected chi connectivity index (χ1v) is 8.48. The average Bonchev–Trinajstić information content (AvgIpc) is 3.25. The van der Waals surface area contributed by atoms with Gasteiger partial charge < -0.3 is 14.2 Å². The van der Waals surface area contributed by atoms with Gasteiger partial charge in [-0.05, 0) is 29.8 Å². The molecule has 0 aliphatic rings. The molecule has 0 unspecified atom stereocenters. The van der Waals surface area contributed by atoms with Crippen LogP contribution in [-0.2, 0) is 17.1 Å². The predicted molar refractivity (Wildman–Crippen MR) is 90.9 cm³/mol. The van der Waals surface area contributed by atoms with Gasteiger partial charge in [0.15, 0.2) is 11.5 Å². The lowest BCUT2D eigenvalue weighted by atomic mass is 10.2. The number of carbonyl (C=O) groups is 1. The number of rotatable bonds is 7. The minimum absolute atomic E-state index is 0.00174. The first-order chi connectivity index (χ1) is 11.3. The molecule has 23 heavy (non-hydrogen) atoms.